The van der Waals surface area contributed by atoms with Crippen LogP contribution >= 0.6 is 11.3 Å². The molecule has 0 unspecified atom stereocenters. The molecule has 0 radical (unpaired) electrons. The van der Waals surface area contributed by atoms with Crippen LogP contribution in [-0.2, 0) is 0 Å². The van der Waals surface area contributed by atoms with Gasteiger partial charge in [-0.25, -0.2) is 0 Å². The minimum atomic E-state index is 0.660. The van der Waals surface area contributed by atoms with Crippen LogP contribution in [0.5, 0.6) is 11.5 Å². The quantitative estimate of drug-likeness (QED) is 0.569. The van der Waals surface area contributed by atoms with Crippen LogP contribution in [0, 0.1) is 0 Å². The van der Waals surface area contributed by atoms with Crippen LogP contribution in [0.15, 0.2) is 48.5 Å². The molecule has 0 aliphatic rings. The summed E-state index contributed by atoms with van der Waals surface area (Å²) >= 11 is 1.48. The first-order chi connectivity index (χ1) is 11.8. The van der Waals surface area contributed by atoms with Gasteiger partial charge in [0.1, 0.15) is 16.5 Å². The first kappa shape index (κ1) is 14.6. The largest absolute Gasteiger partial charge is 0.497 e. The monoisotopic (exact) mass is 338 g/mol. The molecule has 0 bridgehead atoms. The van der Waals surface area contributed by atoms with Crippen LogP contribution < -0.4 is 9.47 Å². The van der Waals surface area contributed by atoms with Crippen molar-refractivity contribution in [3.63, 3.8) is 0 Å². The molecule has 0 amide bonds. The molecule has 120 valence electrons. The number of benzene rings is 2. The van der Waals surface area contributed by atoms with Gasteiger partial charge in [-0.3, -0.25) is 0 Å². The van der Waals surface area contributed by atoms with Gasteiger partial charge in [-0.2, -0.15) is 9.61 Å². The molecule has 24 heavy (non-hydrogen) atoms. The zero-order valence-electron chi connectivity index (χ0n) is 13.1. The van der Waals surface area contributed by atoms with Gasteiger partial charge in [0.2, 0.25) is 4.96 Å². The highest BCUT2D eigenvalue weighted by Gasteiger charge is 2.17. The fourth-order valence-electron chi connectivity index (χ4n) is 2.49. The predicted octanol–water partition coefficient (Wildman–Crippen LogP) is 3.54. The van der Waals surface area contributed by atoms with Crippen LogP contribution in [-0.4, -0.2) is 34.0 Å². The summed E-state index contributed by atoms with van der Waals surface area (Å²) in [7, 11) is 3.29. The first-order valence-corrected chi connectivity index (χ1v) is 8.12. The molecule has 0 atom stereocenters. The van der Waals surface area contributed by atoms with Gasteiger partial charge < -0.3 is 9.47 Å². The summed E-state index contributed by atoms with van der Waals surface area (Å²) in [5.74, 6) is 2.19. The zero-order valence-corrected chi connectivity index (χ0v) is 13.9. The smallest absolute Gasteiger partial charge is 0.235 e. The van der Waals surface area contributed by atoms with Crippen molar-refractivity contribution in [2.45, 2.75) is 0 Å². The topological polar surface area (TPSA) is 61.5 Å². The summed E-state index contributed by atoms with van der Waals surface area (Å²) in [5, 5.41) is 14.0. The molecule has 2 heterocycles. The Morgan fingerprint density at radius 3 is 2.67 bits per heavy atom. The summed E-state index contributed by atoms with van der Waals surface area (Å²) in [6.45, 7) is 0. The second kappa shape index (κ2) is 5.93. The molecule has 0 saturated heterocycles. The molecule has 0 fully saturated rings. The Balaban J connectivity index is 1.84. The molecule has 4 aromatic rings. The third kappa shape index (κ3) is 2.39. The van der Waals surface area contributed by atoms with Crippen molar-refractivity contribution >= 4 is 16.3 Å². The number of aromatic nitrogens is 4. The predicted molar refractivity (Wildman–Crippen MR) is 92.6 cm³/mol. The molecule has 0 N–H and O–H groups in total. The van der Waals surface area contributed by atoms with Gasteiger partial charge in [-0.05, 0) is 24.3 Å². The fourth-order valence-corrected chi connectivity index (χ4v) is 3.32. The van der Waals surface area contributed by atoms with Crippen LogP contribution in [0.1, 0.15) is 0 Å². The SMILES string of the molecule is COc1cccc(-c2nn3c(-c4ccccc4OC)nnc3s2)c1. The standard InChI is InChI=1S/C17H14N4O2S/c1-22-12-7-5-6-11(10-12)16-20-21-15(18-19-17(21)24-16)13-8-3-4-9-14(13)23-2/h3-10H,1-2H3. The Bertz CT molecular complexity index is 1010. The molecule has 2 aromatic carbocycles. The van der Waals surface area contributed by atoms with Crippen molar-refractivity contribution in [1.29, 1.82) is 0 Å². The van der Waals surface area contributed by atoms with Gasteiger partial charge in [0.15, 0.2) is 5.82 Å². The minimum Gasteiger partial charge on any atom is -0.497 e. The lowest BCUT2D eigenvalue weighted by molar-refractivity contribution is 0.415. The maximum absolute atomic E-state index is 5.42. The first-order valence-electron chi connectivity index (χ1n) is 7.30. The van der Waals surface area contributed by atoms with Crippen molar-refractivity contribution in [3.8, 4) is 33.5 Å². The summed E-state index contributed by atoms with van der Waals surface area (Å²) in [6, 6.07) is 15.5. The van der Waals surface area contributed by atoms with E-state index < -0.39 is 0 Å². The molecule has 0 aliphatic heterocycles. The maximum Gasteiger partial charge on any atom is 0.235 e. The van der Waals surface area contributed by atoms with Crippen molar-refractivity contribution in [3.05, 3.63) is 48.5 Å². The molecular weight excluding hydrogens is 324 g/mol. The number of rotatable bonds is 4. The Kier molecular flexibility index (Phi) is 3.62. The number of hydrogen-bond acceptors (Lipinski definition) is 6. The maximum atomic E-state index is 5.42. The Morgan fingerprint density at radius 1 is 0.958 bits per heavy atom. The van der Waals surface area contributed by atoms with E-state index in [0.717, 1.165) is 32.6 Å². The van der Waals surface area contributed by atoms with E-state index in [1.807, 2.05) is 48.5 Å². The van der Waals surface area contributed by atoms with Gasteiger partial charge in [0, 0.05) is 5.56 Å². The van der Waals surface area contributed by atoms with Crippen LogP contribution in [0.2, 0.25) is 0 Å². The number of methoxy groups -OCH3 is 2. The number of para-hydroxylation sites is 1. The second-order valence-electron chi connectivity index (χ2n) is 5.06. The highest BCUT2D eigenvalue weighted by Crippen LogP contribution is 2.32. The van der Waals surface area contributed by atoms with Crippen LogP contribution in [0.3, 0.4) is 0 Å². The highest BCUT2D eigenvalue weighted by atomic mass is 32.1. The van der Waals surface area contributed by atoms with E-state index in [2.05, 4.69) is 15.3 Å². The normalized spacial score (nSPS) is 10.9. The summed E-state index contributed by atoms with van der Waals surface area (Å²) in [5.41, 5.74) is 1.84. The lowest BCUT2D eigenvalue weighted by Crippen LogP contribution is -1.94. The molecule has 7 heteroatoms. The lowest BCUT2D eigenvalue weighted by atomic mass is 10.2. The van der Waals surface area contributed by atoms with E-state index in [1.54, 1.807) is 18.7 Å². The molecule has 0 saturated carbocycles. The third-order valence-electron chi connectivity index (χ3n) is 3.66. The van der Waals surface area contributed by atoms with Crippen molar-refractivity contribution in [2.75, 3.05) is 14.2 Å². The molecular formula is C17H14N4O2S. The molecule has 0 aliphatic carbocycles. The van der Waals surface area contributed by atoms with Crippen LogP contribution in [0.25, 0.3) is 26.9 Å². The van der Waals surface area contributed by atoms with E-state index in [0.29, 0.717) is 5.82 Å². The Hall–Kier alpha value is -2.93. The number of hydrogen-bond donors (Lipinski definition) is 0. The second-order valence-corrected chi connectivity index (χ2v) is 6.01. The van der Waals surface area contributed by atoms with Gasteiger partial charge in [0.25, 0.3) is 0 Å². The van der Waals surface area contributed by atoms with Crippen molar-refractivity contribution < 1.29 is 9.47 Å². The zero-order chi connectivity index (χ0) is 16.5. The number of nitrogens with zero attached hydrogens (tertiary/aromatic N) is 4. The van der Waals surface area contributed by atoms with Crippen molar-refractivity contribution in [1.82, 2.24) is 19.8 Å². The third-order valence-corrected chi connectivity index (χ3v) is 4.60. The lowest BCUT2D eigenvalue weighted by Gasteiger charge is -2.05. The average molecular weight is 338 g/mol. The molecule has 2 aromatic heterocycles. The number of fused-ring (bicyclic) bond motifs is 1. The van der Waals surface area contributed by atoms with Gasteiger partial charge in [0.05, 0.1) is 19.8 Å². The Morgan fingerprint density at radius 2 is 1.83 bits per heavy atom. The average Bonchev–Trinajstić information content (AvgIpc) is 3.22. The van der Waals surface area contributed by atoms with E-state index in [1.165, 1.54) is 11.3 Å². The molecule has 4 rings (SSSR count). The summed E-state index contributed by atoms with van der Waals surface area (Å²) < 4.78 is 12.4. The van der Waals surface area contributed by atoms with E-state index in [-0.39, 0.29) is 0 Å². The van der Waals surface area contributed by atoms with Gasteiger partial charge >= 0.3 is 0 Å². The summed E-state index contributed by atoms with van der Waals surface area (Å²) in [6.07, 6.45) is 0. The number of ether oxygens (including phenoxy) is 2. The van der Waals surface area contributed by atoms with Crippen LogP contribution in [0.4, 0.5) is 0 Å². The highest BCUT2D eigenvalue weighted by molar-refractivity contribution is 7.19. The van der Waals surface area contributed by atoms with Gasteiger partial charge in [-0.15, -0.1) is 10.2 Å². The Labute approximate surface area is 142 Å². The van der Waals surface area contributed by atoms with Gasteiger partial charge in [-0.1, -0.05) is 35.6 Å². The van der Waals surface area contributed by atoms with E-state index >= 15 is 0 Å². The summed E-state index contributed by atoms with van der Waals surface area (Å²) in [4.78, 5) is 0.730. The molecule has 6 nitrogen and oxygen atoms in total. The van der Waals surface area contributed by atoms with Crippen molar-refractivity contribution in [2.24, 2.45) is 0 Å². The fraction of sp³-hybridized carbons (Fsp3) is 0.118. The van der Waals surface area contributed by atoms with E-state index in [9.17, 15) is 0 Å². The minimum absolute atomic E-state index is 0.660. The van der Waals surface area contributed by atoms with E-state index in [4.69, 9.17) is 9.47 Å². The molecule has 0 spiro atoms.